The van der Waals surface area contributed by atoms with Crippen LogP contribution in [0, 0.1) is 17.8 Å². The van der Waals surface area contributed by atoms with Crippen LogP contribution >= 0.6 is 0 Å². The van der Waals surface area contributed by atoms with Crippen molar-refractivity contribution in [1.29, 1.82) is 0 Å². The average Bonchev–Trinajstić information content (AvgIpc) is 3.62. The first-order valence-electron chi connectivity index (χ1n) is 21.0. The second-order valence-corrected chi connectivity index (χ2v) is 17.7. The molecule has 19 heteroatoms. The molecule has 7 amide bonds. The van der Waals surface area contributed by atoms with Crippen molar-refractivity contribution in [3.63, 3.8) is 0 Å². The van der Waals surface area contributed by atoms with Gasteiger partial charge in [0, 0.05) is 40.3 Å². The van der Waals surface area contributed by atoms with Crippen LogP contribution in [0.5, 0.6) is 5.75 Å². The Balaban J connectivity index is 1.91. The SMILES string of the molecule is CC(C)C[C@@H]1NC(=O)[C@H](NC(=O)c2ncccc2O)OC(=O)[C@@H](c2ccccc2)N(C)C(=O)[C@@H](C)NC(=O)[C@@H]([C@H](C)C(C)C)N(C)C(=O)C(C)(C)N(C)C(=O)[C@@H]2C[C@@H](O)CN2C1=O. The van der Waals surface area contributed by atoms with Crippen LogP contribution in [-0.4, -0.2) is 152 Å². The van der Waals surface area contributed by atoms with Gasteiger partial charge in [-0.1, -0.05) is 65.0 Å². The lowest BCUT2D eigenvalue weighted by Gasteiger charge is -2.43. The number of aliphatic hydroxyl groups is 1. The highest BCUT2D eigenvalue weighted by Crippen LogP contribution is 2.29. The predicted octanol–water partition coefficient (Wildman–Crippen LogP) is 0.953. The third-order valence-electron chi connectivity index (χ3n) is 12.0. The third-order valence-corrected chi connectivity index (χ3v) is 12.0. The van der Waals surface area contributed by atoms with E-state index in [2.05, 4.69) is 20.9 Å². The van der Waals surface area contributed by atoms with E-state index in [4.69, 9.17) is 4.74 Å². The number of ether oxygens (including phenoxy) is 1. The summed E-state index contributed by atoms with van der Waals surface area (Å²) in [6.45, 7) is 13.1. The number of likely N-dealkylation sites (N-methyl/N-ethyl adjacent to an activating group) is 3. The molecule has 2 saturated heterocycles. The van der Waals surface area contributed by atoms with Gasteiger partial charge >= 0.3 is 5.97 Å². The number of nitrogens with zero attached hydrogens (tertiary/aromatic N) is 5. The standard InChI is InChI=1S/C44H62N8O11/c1-23(2)20-29-40(59)52-22-28(53)21-30(52)41(60)51(11)44(7,8)43(62)50(10)33(25(5)24(3)4)36(56)46-26(6)39(58)49(9)34(27-16-13-12-14-17-27)42(61)63-38(37(57)47-29)48-35(55)32-31(54)18-15-19-45-32/h12-19,23-26,28-30,33-34,38,53-54H,20-22H2,1-11H3,(H,46,56)(H,47,57)(H,48,55)/t25-,26-,28-,29+,30+,33-,34-,38-/m1/s1. The fourth-order valence-corrected chi connectivity index (χ4v) is 7.80. The van der Waals surface area contributed by atoms with E-state index < -0.39 is 113 Å². The first kappa shape index (κ1) is 49.5. The molecule has 2 aromatic rings. The van der Waals surface area contributed by atoms with Crippen LogP contribution in [0.15, 0.2) is 48.7 Å². The average molecular weight is 879 g/mol. The summed E-state index contributed by atoms with van der Waals surface area (Å²) < 4.78 is 5.74. The number of pyridine rings is 1. The van der Waals surface area contributed by atoms with Crippen LogP contribution in [-0.2, 0) is 38.3 Å². The van der Waals surface area contributed by atoms with Crippen LogP contribution in [0.4, 0.5) is 0 Å². The molecule has 344 valence electrons. The zero-order chi connectivity index (χ0) is 47.2. The van der Waals surface area contributed by atoms with Crippen molar-refractivity contribution in [3.05, 3.63) is 59.9 Å². The van der Waals surface area contributed by atoms with Crippen molar-refractivity contribution in [3.8, 4) is 5.75 Å². The molecule has 19 nitrogen and oxygen atoms in total. The highest BCUT2D eigenvalue weighted by Gasteiger charge is 2.49. The number of esters is 1. The number of hydrogen-bond acceptors (Lipinski definition) is 12. The van der Waals surface area contributed by atoms with Crippen molar-refractivity contribution in [1.82, 2.24) is 40.5 Å². The second-order valence-electron chi connectivity index (χ2n) is 17.7. The minimum atomic E-state index is -2.21. The molecule has 0 saturated carbocycles. The molecule has 0 aliphatic carbocycles. The molecule has 0 radical (unpaired) electrons. The van der Waals surface area contributed by atoms with Gasteiger partial charge in [-0.05, 0) is 62.6 Å². The van der Waals surface area contributed by atoms with E-state index in [0.29, 0.717) is 0 Å². The molecule has 2 fully saturated rings. The number of cyclic esters (lactones) is 1. The Morgan fingerprint density at radius 2 is 1.52 bits per heavy atom. The van der Waals surface area contributed by atoms with E-state index in [9.17, 15) is 48.6 Å². The zero-order valence-corrected chi connectivity index (χ0v) is 37.8. The van der Waals surface area contributed by atoms with Gasteiger partial charge in [0.25, 0.3) is 18.0 Å². The van der Waals surface area contributed by atoms with Gasteiger partial charge in [0.2, 0.25) is 29.5 Å². The molecule has 1 aromatic carbocycles. The van der Waals surface area contributed by atoms with Gasteiger partial charge in [0.05, 0.1) is 6.10 Å². The molecule has 63 heavy (non-hydrogen) atoms. The Kier molecular flexibility index (Phi) is 16.0. The number of carbonyl (C=O) groups excluding carboxylic acids is 8. The van der Waals surface area contributed by atoms with Crippen LogP contribution in [0.1, 0.15) is 90.3 Å². The van der Waals surface area contributed by atoms with E-state index in [1.54, 1.807) is 39.0 Å². The summed E-state index contributed by atoms with van der Waals surface area (Å²) in [5.74, 6) is -8.58. The maximum Gasteiger partial charge on any atom is 0.335 e. The summed E-state index contributed by atoms with van der Waals surface area (Å²) >= 11 is 0. The largest absolute Gasteiger partial charge is 0.505 e. The van der Waals surface area contributed by atoms with Gasteiger partial charge in [0.15, 0.2) is 11.7 Å². The van der Waals surface area contributed by atoms with Crippen molar-refractivity contribution < 1.29 is 53.3 Å². The summed E-state index contributed by atoms with van der Waals surface area (Å²) in [6.07, 6.45) is -2.37. The predicted molar refractivity (Wildman–Crippen MR) is 228 cm³/mol. The number of hydrogen-bond donors (Lipinski definition) is 5. The van der Waals surface area contributed by atoms with E-state index in [-0.39, 0.29) is 36.8 Å². The molecule has 0 bridgehead atoms. The lowest BCUT2D eigenvalue weighted by Crippen LogP contribution is -2.64. The summed E-state index contributed by atoms with van der Waals surface area (Å²) in [4.78, 5) is 123. The van der Waals surface area contributed by atoms with Gasteiger partial charge in [-0.3, -0.25) is 33.6 Å². The molecule has 1 aromatic heterocycles. The fourth-order valence-electron chi connectivity index (χ4n) is 7.80. The molecule has 0 unspecified atom stereocenters. The Morgan fingerprint density at radius 3 is 2.11 bits per heavy atom. The molecule has 4 rings (SSSR count). The lowest BCUT2D eigenvalue weighted by atomic mass is 9.87. The van der Waals surface area contributed by atoms with Gasteiger partial charge < -0.3 is 50.5 Å². The highest BCUT2D eigenvalue weighted by atomic mass is 16.6. The normalized spacial score (nSPS) is 26.5. The number of aliphatic hydroxyl groups excluding tert-OH is 1. The number of amides is 7. The molecular formula is C44H62N8O11. The first-order valence-corrected chi connectivity index (χ1v) is 21.0. The number of nitrogens with one attached hydrogen (secondary N) is 3. The molecular weight excluding hydrogens is 817 g/mol. The van der Waals surface area contributed by atoms with Gasteiger partial charge in [-0.15, -0.1) is 0 Å². The quantitative estimate of drug-likeness (QED) is 0.244. The minimum Gasteiger partial charge on any atom is -0.505 e. The Bertz CT molecular complexity index is 2050. The van der Waals surface area contributed by atoms with E-state index in [1.165, 1.54) is 77.3 Å². The van der Waals surface area contributed by atoms with Crippen molar-refractivity contribution >= 4 is 47.3 Å². The maximum atomic E-state index is 14.6. The summed E-state index contributed by atoms with van der Waals surface area (Å²) in [6, 6.07) is 3.70. The number of carbonyl (C=O) groups is 8. The fraction of sp³-hybridized carbons (Fsp3) is 0.568. The molecule has 8 atom stereocenters. The molecule has 0 spiro atoms. The van der Waals surface area contributed by atoms with Gasteiger partial charge in [0.1, 0.15) is 35.5 Å². The minimum absolute atomic E-state index is 0.0173. The molecule has 3 heterocycles. The number of fused-ring (bicyclic) bond motifs is 1. The smallest absolute Gasteiger partial charge is 0.335 e. The van der Waals surface area contributed by atoms with Crippen LogP contribution in [0.2, 0.25) is 0 Å². The number of aromatic hydroxyl groups is 1. The van der Waals surface area contributed by atoms with E-state index in [1.807, 2.05) is 13.8 Å². The molecule has 5 N–H and O–H groups in total. The Labute approximate surface area is 367 Å². The van der Waals surface area contributed by atoms with Crippen molar-refractivity contribution in [2.75, 3.05) is 27.7 Å². The maximum absolute atomic E-state index is 14.6. The third kappa shape index (κ3) is 11.1. The number of benzene rings is 1. The summed E-state index contributed by atoms with van der Waals surface area (Å²) in [7, 11) is 4.10. The topological polar surface area (TPSA) is 248 Å². The van der Waals surface area contributed by atoms with Crippen LogP contribution < -0.4 is 16.0 Å². The second kappa shape index (κ2) is 20.4. The molecule has 2 aliphatic heterocycles. The van der Waals surface area contributed by atoms with Gasteiger partial charge in [-0.2, -0.15) is 0 Å². The Morgan fingerprint density at radius 1 is 0.889 bits per heavy atom. The van der Waals surface area contributed by atoms with Crippen molar-refractivity contribution in [2.24, 2.45) is 17.8 Å². The highest BCUT2D eigenvalue weighted by molar-refractivity contribution is 6.01. The Hall–Kier alpha value is -6.11. The monoisotopic (exact) mass is 878 g/mol. The van der Waals surface area contributed by atoms with E-state index >= 15 is 0 Å². The first-order chi connectivity index (χ1) is 29.4. The molecule has 2 aliphatic rings. The summed E-state index contributed by atoms with van der Waals surface area (Å²) in [5.41, 5.74) is -1.92. The summed E-state index contributed by atoms with van der Waals surface area (Å²) in [5, 5.41) is 28.8. The number of aromatic nitrogens is 1. The number of rotatable bonds is 7. The van der Waals surface area contributed by atoms with Crippen LogP contribution in [0.25, 0.3) is 0 Å². The van der Waals surface area contributed by atoms with Crippen LogP contribution in [0.3, 0.4) is 0 Å². The van der Waals surface area contributed by atoms with Crippen molar-refractivity contribution in [2.45, 2.75) is 116 Å². The van der Waals surface area contributed by atoms with E-state index in [0.717, 1.165) is 14.7 Å². The zero-order valence-electron chi connectivity index (χ0n) is 37.8. The lowest BCUT2D eigenvalue weighted by molar-refractivity contribution is -0.165. The van der Waals surface area contributed by atoms with Gasteiger partial charge in [-0.25, -0.2) is 9.78 Å².